The van der Waals surface area contributed by atoms with Crippen LogP contribution in [0, 0.1) is 0 Å². The van der Waals surface area contributed by atoms with E-state index in [1.54, 1.807) is 11.9 Å². The van der Waals surface area contributed by atoms with Crippen molar-refractivity contribution in [1.82, 2.24) is 4.90 Å². The average molecular weight is 506 g/mol. The Labute approximate surface area is 220 Å². The molecule has 0 bridgehead atoms. The molecular weight excluding hydrogens is 466 g/mol. The fraction of sp³-hybridized carbons (Fsp3) is 0.419. The van der Waals surface area contributed by atoms with Crippen LogP contribution in [0.5, 0.6) is 0 Å². The highest BCUT2D eigenvalue weighted by Crippen LogP contribution is 2.36. The first kappa shape index (κ1) is 28.2. The Hall–Kier alpha value is -3.38. The van der Waals surface area contributed by atoms with Crippen LogP contribution in [0.2, 0.25) is 0 Å². The molecule has 2 atom stereocenters. The minimum absolute atomic E-state index is 0.211. The summed E-state index contributed by atoms with van der Waals surface area (Å²) in [6, 6.07) is 24.1. The third kappa shape index (κ3) is 8.60. The minimum Gasteiger partial charge on any atom is -0.458 e. The second-order valence-electron chi connectivity index (χ2n) is 11.3. The second-order valence-corrected chi connectivity index (χ2v) is 11.3. The molecule has 0 spiro atoms. The highest BCUT2D eigenvalue weighted by molar-refractivity contribution is 5.83. The molecule has 0 aliphatic carbocycles. The molecule has 0 heterocycles. The number of amides is 1. The molecule has 1 amide bonds. The van der Waals surface area contributed by atoms with Crippen LogP contribution in [0.3, 0.4) is 0 Å². The van der Waals surface area contributed by atoms with Crippen molar-refractivity contribution in [2.45, 2.75) is 64.8 Å². The van der Waals surface area contributed by atoms with Crippen molar-refractivity contribution in [2.75, 3.05) is 20.2 Å². The number of hydrogen-bond donors (Lipinski definition) is 0. The van der Waals surface area contributed by atoms with Gasteiger partial charge in [0.25, 0.3) is 0 Å². The molecule has 198 valence electrons. The number of ether oxygens (including phenoxy) is 3. The van der Waals surface area contributed by atoms with Gasteiger partial charge in [-0.25, -0.2) is 9.59 Å². The molecular formula is C31H39NO5. The second kappa shape index (κ2) is 11.8. The predicted molar refractivity (Wildman–Crippen MR) is 147 cm³/mol. The molecule has 6 heteroatoms. The molecule has 3 rings (SSSR count). The summed E-state index contributed by atoms with van der Waals surface area (Å²) in [7, 11) is 1.72. The number of rotatable bonds is 8. The van der Waals surface area contributed by atoms with Gasteiger partial charge in [-0.2, -0.15) is 0 Å². The summed E-state index contributed by atoms with van der Waals surface area (Å²) in [5.41, 5.74) is 0.668. The molecule has 6 nitrogen and oxygen atoms in total. The SMILES string of the molecule is CN(C[C@H](c1ccc2ccccc2c1)[C@H](OCC(=O)OC(C)(C)C)c1ccccc1)C(=O)OC(C)(C)C. The summed E-state index contributed by atoms with van der Waals surface area (Å²) < 4.78 is 17.4. The van der Waals surface area contributed by atoms with Crippen LogP contribution >= 0.6 is 0 Å². The lowest BCUT2D eigenvalue weighted by Gasteiger charge is -2.33. The normalized spacial score (nSPS) is 13.6. The van der Waals surface area contributed by atoms with Gasteiger partial charge in [-0.3, -0.25) is 0 Å². The molecule has 37 heavy (non-hydrogen) atoms. The van der Waals surface area contributed by atoms with Crippen LogP contribution in [0.4, 0.5) is 4.79 Å². The van der Waals surface area contributed by atoms with Crippen LogP contribution in [-0.4, -0.2) is 48.4 Å². The quantitative estimate of drug-likeness (QED) is 0.312. The zero-order valence-electron chi connectivity index (χ0n) is 23.0. The fourth-order valence-electron chi connectivity index (χ4n) is 4.14. The number of fused-ring (bicyclic) bond motifs is 1. The van der Waals surface area contributed by atoms with E-state index < -0.39 is 29.4 Å². The van der Waals surface area contributed by atoms with Gasteiger partial charge in [-0.05, 0) is 63.4 Å². The van der Waals surface area contributed by atoms with E-state index in [2.05, 4.69) is 30.3 Å². The van der Waals surface area contributed by atoms with Crippen LogP contribution < -0.4 is 0 Å². The first-order chi connectivity index (χ1) is 17.3. The summed E-state index contributed by atoms with van der Waals surface area (Å²) in [5.74, 6) is -0.724. The maximum Gasteiger partial charge on any atom is 0.410 e. The summed E-state index contributed by atoms with van der Waals surface area (Å²) in [6.45, 7) is 11.1. The number of benzene rings is 3. The van der Waals surface area contributed by atoms with E-state index in [4.69, 9.17) is 14.2 Å². The van der Waals surface area contributed by atoms with Gasteiger partial charge in [0.05, 0.1) is 6.10 Å². The number of carbonyl (C=O) groups excluding carboxylic acids is 2. The lowest BCUT2D eigenvalue weighted by atomic mass is 9.87. The zero-order valence-corrected chi connectivity index (χ0v) is 23.0. The Morgan fingerprint density at radius 1 is 0.757 bits per heavy atom. The molecule has 0 N–H and O–H groups in total. The summed E-state index contributed by atoms with van der Waals surface area (Å²) in [5, 5.41) is 2.21. The van der Waals surface area contributed by atoms with Crippen LogP contribution in [0.15, 0.2) is 72.8 Å². The third-order valence-electron chi connectivity index (χ3n) is 5.67. The van der Waals surface area contributed by atoms with Gasteiger partial charge in [-0.1, -0.05) is 72.8 Å². The van der Waals surface area contributed by atoms with Crippen molar-refractivity contribution in [2.24, 2.45) is 0 Å². The zero-order chi connectivity index (χ0) is 27.2. The Balaban J connectivity index is 2.00. The smallest absolute Gasteiger partial charge is 0.410 e. The number of likely N-dealkylation sites (N-methyl/N-ethyl adjacent to an activating group) is 1. The molecule has 0 aliphatic heterocycles. The van der Waals surface area contributed by atoms with Crippen LogP contribution in [0.1, 0.15) is 64.7 Å². The maximum atomic E-state index is 12.9. The lowest BCUT2D eigenvalue weighted by Crippen LogP contribution is -2.38. The van der Waals surface area contributed by atoms with Crippen LogP contribution in [0.25, 0.3) is 10.8 Å². The first-order valence-corrected chi connectivity index (χ1v) is 12.6. The van der Waals surface area contributed by atoms with E-state index in [1.807, 2.05) is 84.0 Å². The molecule has 0 unspecified atom stereocenters. The number of nitrogens with zero attached hydrogens (tertiary/aromatic N) is 1. The summed E-state index contributed by atoms with van der Waals surface area (Å²) >= 11 is 0. The van der Waals surface area contributed by atoms with E-state index in [0.717, 1.165) is 21.9 Å². The van der Waals surface area contributed by atoms with Gasteiger partial charge in [0.15, 0.2) is 0 Å². The van der Waals surface area contributed by atoms with E-state index in [0.29, 0.717) is 6.54 Å². The Kier molecular flexibility index (Phi) is 8.98. The average Bonchev–Trinajstić information content (AvgIpc) is 2.81. The van der Waals surface area contributed by atoms with Gasteiger partial charge < -0.3 is 19.1 Å². The minimum atomic E-state index is -0.615. The van der Waals surface area contributed by atoms with Crippen molar-refractivity contribution in [3.05, 3.63) is 83.9 Å². The maximum absolute atomic E-state index is 12.9. The van der Waals surface area contributed by atoms with Gasteiger partial charge in [-0.15, -0.1) is 0 Å². The molecule has 0 aliphatic rings. The van der Waals surface area contributed by atoms with Crippen molar-refractivity contribution >= 4 is 22.8 Å². The monoisotopic (exact) mass is 505 g/mol. The van der Waals surface area contributed by atoms with Gasteiger partial charge >= 0.3 is 12.1 Å². The Morgan fingerprint density at radius 3 is 1.97 bits per heavy atom. The van der Waals surface area contributed by atoms with Crippen molar-refractivity contribution in [3.8, 4) is 0 Å². The standard InChI is InChI=1S/C31H39NO5/c1-30(2,3)36-27(33)21-35-28(23-14-9-8-10-15-23)26(20-32(7)29(34)37-31(4,5)6)25-18-17-22-13-11-12-16-24(22)19-25/h8-19,26,28H,20-21H2,1-7H3/t26-,28-/m1/s1. The van der Waals surface area contributed by atoms with E-state index in [-0.39, 0.29) is 12.5 Å². The molecule has 3 aromatic rings. The van der Waals surface area contributed by atoms with E-state index in [1.165, 1.54) is 0 Å². The predicted octanol–water partition coefficient (Wildman–Crippen LogP) is 6.89. The van der Waals surface area contributed by atoms with Crippen molar-refractivity contribution in [3.63, 3.8) is 0 Å². The highest BCUT2D eigenvalue weighted by atomic mass is 16.6. The molecule has 0 radical (unpaired) electrons. The molecule has 0 fully saturated rings. The first-order valence-electron chi connectivity index (χ1n) is 12.6. The fourth-order valence-corrected chi connectivity index (χ4v) is 4.14. The molecule has 3 aromatic carbocycles. The van der Waals surface area contributed by atoms with Crippen molar-refractivity contribution < 1.29 is 23.8 Å². The molecule has 0 saturated carbocycles. The molecule has 0 aromatic heterocycles. The van der Waals surface area contributed by atoms with Gasteiger partial charge in [0.2, 0.25) is 0 Å². The number of hydrogen-bond acceptors (Lipinski definition) is 5. The van der Waals surface area contributed by atoms with Crippen molar-refractivity contribution in [1.29, 1.82) is 0 Å². The topological polar surface area (TPSA) is 65.1 Å². The summed E-state index contributed by atoms with van der Waals surface area (Å²) in [4.78, 5) is 27.1. The Morgan fingerprint density at radius 2 is 1.35 bits per heavy atom. The van der Waals surface area contributed by atoms with Gasteiger partial charge in [0.1, 0.15) is 17.8 Å². The highest BCUT2D eigenvalue weighted by Gasteiger charge is 2.31. The molecule has 0 saturated heterocycles. The summed E-state index contributed by atoms with van der Waals surface area (Å²) in [6.07, 6.45) is -0.933. The lowest BCUT2D eigenvalue weighted by molar-refractivity contribution is -0.163. The van der Waals surface area contributed by atoms with Crippen LogP contribution in [-0.2, 0) is 19.0 Å². The van der Waals surface area contributed by atoms with Gasteiger partial charge in [0, 0.05) is 19.5 Å². The van der Waals surface area contributed by atoms with E-state index in [9.17, 15) is 9.59 Å². The third-order valence-corrected chi connectivity index (χ3v) is 5.67. The number of esters is 1. The number of carbonyl (C=O) groups is 2. The van der Waals surface area contributed by atoms with E-state index >= 15 is 0 Å². The Bertz CT molecular complexity index is 1190. The largest absolute Gasteiger partial charge is 0.458 e.